The second kappa shape index (κ2) is 8.32. The van der Waals surface area contributed by atoms with E-state index in [-0.39, 0.29) is 16.8 Å². The van der Waals surface area contributed by atoms with Crippen LogP contribution >= 0.6 is 11.3 Å². The Kier molecular flexibility index (Phi) is 6.24. The lowest BCUT2D eigenvalue weighted by atomic mass is 10.0. The Hall–Kier alpha value is -1.74. The van der Waals surface area contributed by atoms with Gasteiger partial charge in [-0.25, -0.2) is 8.42 Å². The Balaban J connectivity index is 1.62. The first-order valence-corrected chi connectivity index (χ1v) is 11.8. The number of thiophene rings is 1. The lowest BCUT2D eigenvalue weighted by Crippen LogP contribution is -3.14. The number of hydrogen-bond acceptors (Lipinski definition) is 4. The van der Waals surface area contributed by atoms with Crippen LogP contribution in [0.2, 0.25) is 0 Å². The number of carbonyl (C=O) groups is 1. The van der Waals surface area contributed by atoms with Crippen LogP contribution in [0.4, 0.5) is 5.69 Å². The van der Waals surface area contributed by atoms with Crippen molar-refractivity contribution in [2.24, 2.45) is 0 Å². The topological polar surface area (TPSA) is 70.9 Å². The molecule has 2 N–H and O–H groups in total. The van der Waals surface area contributed by atoms with Crippen molar-refractivity contribution in [2.45, 2.75) is 44.2 Å². The zero-order chi connectivity index (χ0) is 20.5. The number of quaternary nitrogens is 1. The molecule has 0 saturated carbocycles. The molecular weight excluding hydrogens is 394 g/mol. The van der Waals surface area contributed by atoms with Crippen molar-refractivity contribution in [3.63, 3.8) is 0 Å². The van der Waals surface area contributed by atoms with Crippen LogP contribution < -0.4 is 10.2 Å². The predicted octanol–water partition coefficient (Wildman–Crippen LogP) is 1.92. The van der Waals surface area contributed by atoms with E-state index in [4.69, 9.17) is 0 Å². The van der Waals surface area contributed by atoms with E-state index in [1.165, 1.54) is 31.8 Å². The number of rotatable bonds is 6. The summed E-state index contributed by atoms with van der Waals surface area (Å²) in [7, 11) is -1.95. The van der Waals surface area contributed by atoms with Crippen molar-refractivity contribution in [2.75, 3.05) is 25.5 Å². The summed E-state index contributed by atoms with van der Waals surface area (Å²) in [4.78, 5) is 15.4. The second-order valence-corrected chi connectivity index (χ2v) is 10.5. The summed E-state index contributed by atoms with van der Waals surface area (Å²) in [5.41, 5.74) is 1.96. The lowest BCUT2D eigenvalue weighted by molar-refractivity contribution is -0.923. The normalized spacial score (nSPS) is 19.6. The second-order valence-electron chi connectivity index (χ2n) is 7.54. The summed E-state index contributed by atoms with van der Waals surface area (Å²) in [5, 5.41) is 5.01. The number of anilines is 1. The van der Waals surface area contributed by atoms with Gasteiger partial charge in [-0.15, -0.1) is 11.3 Å². The molecule has 2 aromatic rings. The number of carbonyl (C=O) groups excluding carboxylic acids is 1. The molecule has 1 aromatic heterocycles. The molecule has 8 heteroatoms. The van der Waals surface area contributed by atoms with Crippen LogP contribution in [0.15, 0.2) is 40.6 Å². The Morgan fingerprint density at radius 3 is 2.61 bits per heavy atom. The van der Waals surface area contributed by atoms with Crippen LogP contribution in [0.5, 0.6) is 0 Å². The third-order valence-corrected chi connectivity index (χ3v) is 8.51. The van der Waals surface area contributed by atoms with Crippen molar-refractivity contribution < 1.29 is 18.1 Å². The monoisotopic (exact) mass is 422 g/mol. The maximum Gasteiger partial charge on any atom is 0.279 e. The quantitative estimate of drug-likeness (QED) is 0.747. The molecule has 1 unspecified atom stereocenters. The van der Waals surface area contributed by atoms with Crippen LogP contribution in [0.25, 0.3) is 0 Å². The van der Waals surface area contributed by atoms with Gasteiger partial charge in [-0.3, -0.25) is 4.79 Å². The third kappa shape index (κ3) is 4.30. The van der Waals surface area contributed by atoms with Crippen molar-refractivity contribution in [3.8, 4) is 0 Å². The molecule has 0 bridgehead atoms. The maximum atomic E-state index is 12.5. The van der Waals surface area contributed by atoms with E-state index < -0.39 is 10.0 Å². The smallest absolute Gasteiger partial charge is 0.279 e. The van der Waals surface area contributed by atoms with E-state index in [1.807, 2.05) is 13.8 Å². The largest absolute Gasteiger partial charge is 0.321 e. The molecule has 0 saturated heterocycles. The summed E-state index contributed by atoms with van der Waals surface area (Å²) in [6.45, 7) is 7.16. The molecule has 0 spiro atoms. The van der Waals surface area contributed by atoms with Crippen molar-refractivity contribution in [1.82, 2.24) is 4.31 Å². The van der Waals surface area contributed by atoms with Crippen LogP contribution in [0.1, 0.15) is 37.3 Å². The van der Waals surface area contributed by atoms with Gasteiger partial charge < -0.3 is 10.2 Å². The zero-order valence-electron chi connectivity index (χ0n) is 16.7. The Morgan fingerprint density at radius 1 is 1.29 bits per heavy atom. The van der Waals surface area contributed by atoms with E-state index >= 15 is 0 Å². The van der Waals surface area contributed by atoms with Gasteiger partial charge in [-0.05, 0) is 56.5 Å². The molecule has 1 aliphatic rings. The molecular formula is C20H28N3O3S2+. The predicted molar refractivity (Wildman–Crippen MR) is 112 cm³/mol. The average Bonchev–Trinajstić information content (AvgIpc) is 3.13. The van der Waals surface area contributed by atoms with Gasteiger partial charge in [-0.1, -0.05) is 0 Å². The number of amides is 1. The highest BCUT2D eigenvalue weighted by molar-refractivity contribution is 7.89. The number of nitrogens with one attached hydrogen (secondary N) is 2. The molecule has 1 aromatic carbocycles. The molecule has 0 fully saturated rings. The molecule has 2 heterocycles. The molecule has 1 aliphatic heterocycles. The standard InChI is InChI=1S/C20H27N3O3S2/c1-14(2)22(4)28(25,26)17-7-5-16(6-8-17)21-20(24)13-23-11-9-19-18(15(23)3)10-12-27-19/h5-8,10,12,14-15H,9,11,13H2,1-4H3,(H,21,24)/p+1/t15-/m1/s1. The summed E-state index contributed by atoms with van der Waals surface area (Å²) in [5.74, 6) is -0.0598. The van der Waals surface area contributed by atoms with Gasteiger partial charge in [0.25, 0.3) is 5.91 Å². The highest BCUT2D eigenvalue weighted by Gasteiger charge is 2.29. The van der Waals surface area contributed by atoms with Gasteiger partial charge in [0, 0.05) is 35.6 Å². The molecule has 0 aliphatic carbocycles. The summed E-state index contributed by atoms with van der Waals surface area (Å²) >= 11 is 1.79. The van der Waals surface area contributed by atoms with Crippen LogP contribution in [0, 0.1) is 0 Å². The molecule has 1 amide bonds. The fraction of sp³-hybridized carbons (Fsp3) is 0.450. The van der Waals surface area contributed by atoms with Crippen LogP contribution in [-0.2, 0) is 21.2 Å². The first-order valence-electron chi connectivity index (χ1n) is 9.49. The molecule has 3 rings (SSSR count). The molecule has 0 radical (unpaired) electrons. The van der Waals surface area contributed by atoms with Gasteiger partial charge in [0.15, 0.2) is 6.54 Å². The summed E-state index contributed by atoms with van der Waals surface area (Å²) in [6, 6.07) is 8.71. The minimum absolute atomic E-state index is 0.0598. The molecule has 28 heavy (non-hydrogen) atoms. The summed E-state index contributed by atoms with van der Waals surface area (Å²) in [6.07, 6.45) is 1.01. The lowest BCUT2D eigenvalue weighted by Gasteiger charge is -2.29. The van der Waals surface area contributed by atoms with Gasteiger partial charge in [-0.2, -0.15) is 4.31 Å². The minimum Gasteiger partial charge on any atom is -0.321 e. The highest BCUT2D eigenvalue weighted by atomic mass is 32.2. The Morgan fingerprint density at radius 2 is 1.96 bits per heavy atom. The molecule has 2 atom stereocenters. The first-order chi connectivity index (χ1) is 13.2. The summed E-state index contributed by atoms with van der Waals surface area (Å²) < 4.78 is 26.4. The van der Waals surface area contributed by atoms with E-state index in [0.717, 1.165) is 13.0 Å². The highest BCUT2D eigenvalue weighted by Crippen LogP contribution is 2.24. The number of sulfonamides is 1. The van der Waals surface area contributed by atoms with E-state index in [0.29, 0.717) is 18.3 Å². The Bertz CT molecular complexity index is 936. The van der Waals surface area contributed by atoms with Crippen LogP contribution in [0.3, 0.4) is 0 Å². The number of fused-ring (bicyclic) bond motifs is 1. The van der Waals surface area contributed by atoms with Gasteiger partial charge in [0.2, 0.25) is 10.0 Å². The minimum atomic E-state index is -3.52. The third-order valence-electron chi connectivity index (χ3n) is 5.46. The van der Waals surface area contributed by atoms with Crippen molar-refractivity contribution >= 4 is 33.0 Å². The van der Waals surface area contributed by atoms with Gasteiger partial charge >= 0.3 is 0 Å². The number of nitrogens with zero attached hydrogens (tertiary/aromatic N) is 1. The van der Waals surface area contributed by atoms with Crippen LogP contribution in [-0.4, -0.2) is 44.8 Å². The van der Waals surface area contributed by atoms with E-state index in [2.05, 4.69) is 23.7 Å². The van der Waals surface area contributed by atoms with Gasteiger partial charge in [0.1, 0.15) is 6.04 Å². The maximum absolute atomic E-state index is 12.5. The average molecular weight is 423 g/mol. The van der Waals surface area contributed by atoms with Gasteiger partial charge in [0.05, 0.1) is 11.4 Å². The van der Waals surface area contributed by atoms with Crippen molar-refractivity contribution in [3.05, 3.63) is 46.2 Å². The SMILES string of the molecule is CC(C)N(C)S(=O)(=O)c1ccc(NC(=O)C[NH+]2CCc3sccc3[C@H]2C)cc1. The fourth-order valence-electron chi connectivity index (χ4n) is 3.46. The molecule has 6 nitrogen and oxygen atoms in total. The van der Waals surface area contributed by atoms with Crippen molar-refractivity contribution in [1.29, 1.82) is 0 Å². The first kappa shape index (κ1) is 21.0. The molecule has 152 valence electrons. The fourth-order valence-corrected chi connectivity index (χ4v) is 5.80. The van der Waals surface area contributed by atoms with E-state index in [9.17, 15) is 13.2 Å². The zero-order valence-corrected chi connectivity index (χ0v) is 18.4. The number of hydrogen-bond donors (Lipinski definition) is 2. The van der Waals surface area contributed by atoms with E-state index in [1.54, 1.807) is 30.5 Å². The Labute approximate surface area is 171 Å². The number of benzene rings is 1.